The van der Waals surface area contributed by atoms with Gasteiger partial charge in [-0.05, 0) is 55.0 Å². The fourth-order valence-corrected chi connectivity index (χ4v) is 2.41. The molecular weight excluding hydrogens is 315 g/mol. The van der Waals surface area contributed by atoms with Gasteiger partial charge in [0.2, 0.25) is 0 Å². The summed E-state index contributed by atoms with van der Waals surface area (Å²) in [4.78, 5) is 12.1. The van der Waals surface area contributed by atoms with Crippen molar-refractivity contribution in [2.75, 3.05) is 10.6 Å². The Kier molecular flexibility index (Phi) is 5.09. The Morgan fingerprint density at radius 2 is 1.60 bits per heavy atom. The third kappa shape index (κ3) is 4.67. The highest BCUT2D eigenvalue weighted by Crippen LogP contribution is 2.16. The molecule has 0 aromatic heterocycles. The van der Waals surface area contributed by atoms with Gasteiger partial charge in [-0.1, -0.05) is 35.9 Å². The standard InChI is InChI=1S/C21H19FN2O/c1-15-5-7-16(8-6-15)14-23-19-9-11-20(12-10-19)24-21(25)17-3-2-4-18(22)13-17/h2-13,23H,14H2,1H3,(H,24,25). The van der Waals surface area contributed by atoms with E-state index < -0.39 is 5.82 Å². The molecule has 3 rings (SSSR count). The van der Waals surface area contributed by atoms with E-state index in [1.54, 1.807) is 6.07 Å². The molecule has 0 heterocycles. The molecule has 25 heavy (non-hydrogen) atoms. The number of nitrogens with one attached hydrogen (secondary N) is 2. The van der Waals surface area contributed by atoms with Gasteiger partial charge in [0.05, 0.1) is 0 Å². The molecule has 0 aliphatic heterocycles. The maximum Gasteiger partial charge on any atom is 0.255 e. The molecule has 3 aromatic rings. The Morgan fingerprint density at radius 1 is 0.920 bits per heavy atom. The first-order valence-corrected chi connectivity index (χ1v) is 8.06. The van der Waals surface area contributed by atoms with Crippen molar-refractivity contribution < 1.29 is 9.18 Å². The third-order valence-corrected chi connectivity index (χ3v) is 3.85. The molecule has 0 fully saturated rings. The monoisotopic (exact) mass is 334 g/mol. The molecule has 0 saturated heterocycles. The quantitative estimate of drug-likeness (QED) is 0.689. The van der Waals surface area contributed by atoms with Crippen molar-refractivity contribution in [3.63, 3.8) is 0 Å². The Balaban J connectivity index is 1.58. The fraction of sp³-hybridized carbons (Fsp3) is 0.0952. The van der Waals surface area contributed by atoms with E-state index in [0.717, 1.165) is 12.2 Å². The van der Waals surface area contributed by atoms with Gasteiger partial charge in [0, 0.05) is 23.5 Å². The smallest absolute Gasteiger partial charge is 0.255 e. The summed E-state index contributed by atoms with van der Waals surface area (Å²) in [6.45, 7) is 2.79. The van der Waals surface area contributed by atoms with E-state index in [4.69, 9.17) is 0 Å². The minimum Gasteiger partial charge on any atom is -0.381 e. The number of hydrogen-bond donors (Lipinski definition) is 2. The summed E-state index contributed by atoms with van der Waals surface area (Å²) in [6, 6.07) is 21.4. The van der Waals surface area contributed by atoms with Gasteiger partial charge in [0.1, 0.15) is 5.82 Å². The lowest BCUT2D eigenvalue weighted by atomic mass is 10.1. The van der Waals surface area contributed by atoms with Gasteiger partial charge >= 0.3 is 0 Å². The molecule has 0 saturated carbocycles. The summed E-state index contributed by atoms with van der Waals surface area (Å²) in [5, 5.41) is 6.10. The average Bonchev–Trinajstić information content (AvgIpc) is 2.62. The Morgan fingerprint density at radius 3 is 2.28 bits per heavy atom. The second kappa shape index (κ2) is 7.62. The fourth-order valence-electron chi connectivity index (χ4n) is 2.41. The van der Waals surface area contributed by atoms with Gasteiger partial charge in [-0.25, -0.2) is 4.39 Å². The van der Waals surface area contributed by atoms with Gasteiger partial charge in [0.15, 0.2) is 0 Å². The third-order valence-electron chi connectivity index (χ3n) is 3.85. The predicted molar refractivity (Wildman–Crippen MR) is 99.3 cm³/mol. The topological polar surface area (TPSA) is 41.1 Å². The number of rotatable bonds is 5. The molecule has 0 aliphatic carbocycles. The second-order valence-electron chi connectivity index (χ2n) is 5.88. The molecule has 0 atom stereocenters. The highest BCUT2D eigenvalue weighted by atomic mass is 19.1. The number of carbonyl (C=O) groups is 1. The van der Waals surface area contributed by atoms with Crippen LogP contribution in [0, 0.1) is 12.7 Å². The normalized spacial score (nSPS) is 10.3. The summed E-state index contributed by atoms with van der Waals surface area (Å²) in [5.41, 5.74) is 4.36. The Hall–Kier alpha value is -3.14. The molecule has 0 spiro atoms. The van der Waals surface area contributed by atoms with Gasteiger partial charge in [0.25, 0.3) is 5.91 Å². The van der Waals surface area contributed by atoms with Crippen molar-refractivity contribution in [1.29, 1.82) is 0 Å². The first-order chi connectivity index (χ1) is 12.1. The predicted octanol–water partition coefficient (Wildman–Crippen LogP) is 5.00. The Bertz CT molecular complexity index is 858. The molecule has 0 radical (unpaired) electrons. The second-order valence-corrected chi connectivity index (χ2v) is 5.88. The van der Waals surface area contributed by atoms with Crippen LogP contribution >= 0.6 is 0 Å². The van der Waals surface area contributed by atoms with Crippen molar-refractivity contribution in [2.45, 2.75) is 13.5 Å². The maximum absolute atomic E-state index is 13.2. The van der Waals surface area contributed by atoms with Crippen LogP contribution < -0.4 is 10.6 Å². The van der Waals surface area contributed by atoms with Crippen molar-refractivity contribution in [3.05, 3.63) is 95.3 Å². The first-order valence-electron chi connectivity index (χ1n) is 8.06. The Labute approximate surface area is 146 Å². The summed E-state index contributed by atoms with van der Waals surface area (Å²) >= 11 is 0. The highest BCUT2D eigenvalue weighted by molar-refractivity contribution is 6.04. The molecule has 0 aliphatic rings. The number of anilines is 2. The molecule has 4 heteroatoms. The minimum absolute atomic E-state index is 0.293. The van der Waals surface area contributed by atoms with Crippen LogP contribution in [-0.2, 0) is 6.54 Å². The zero-order chi connectivity index (χ0) is 17.6. The van der Waals surface area contributed by atoms with Crippen molar-refractivity contribution in [3.8, 4) is 0 Å². The molecule has 0 unspecified atom stereocenters. The maximum atomic E-state index is 13.2. The van der Waals surface area contributed by atoms with Crippen LogP contribution in [0.1, 0.15) is 21.5 Å². The van der Waals surface area contributed by atoms with E-state index in [9.17, 15) is 9.18 Å². The number of hydrogen-bond acceptors (Lipinski definition) is 2. The molecule has 1 amide bonds. The summed E-state index contributed by atoms with van der Waals surface area (Å²) in [7, 11) is 0. The molecule has 0 bridgehead atoms. The van der Waals surface area contributed by atoms with E-state index in [0.29, 0.717) is 11.3 Å². The highest BCUT2D eigenvalue weighted by Gasteiger charge is 2.06. The van der Waals surface area contributed by atoms with Gasteiger partial charge in [-0.15, -0.1) is 0 Å². The van der Waals surface area contributed by atoms with Gasteiger partial charge in [-0.2, -0.15) is 0 Å². The van der Waals surface area contributed by atoms with Crippen LogP contribution in [0.4, 0.5) is 15.8 Å². The van der Waals surface area contributed by atoms with E-state index in [1.165, 1.54) is 29.3 Å². The number of amides is 1. The van der Waals surface area contributed by atoms with E-state index >= 15 is 0 Å². The summed E-state index contributed by atoms with van der Waals surface area (Å²) in [5.74, 6) is -0.761. The van der Waals surface area contributed by atoms with Crippen LogP contribution in [0.2, 0.25) is 0 Å². The SMILES string of the molecule is Cc1ccc(CNc2ccc(NC(=O)c3cccc(F)c3)cc2)cc1. The lowest BCUT2D eigenvalue weighted by Gasteiger charge is -2.09. The van der Waals surface area contributed by atoms with E-state index in [1.807, 2.05) is 24.3 Å². The molecule has 2 N–H and O–H groups in total. The number of carbonyl (C=O) groups excluding carboxylic acids is 1. The van der Waals surface area contributed by atoms with E-state index in [2.05, 4.69) is 41.8 Å². The molecule has 3 nitrogen and oxygen atoms in total. The van der Waals surface area contributed by atoms with Gasteiger partial charge in [-0.3, -0.25) is 4.79 Å². The molecular formula is C21H19FN2O. The largest absolute Gasteiger partial charge is 0.381 e. The zero-order valence-electron chi connectivity index (χ0n) is 13.9. The van der Waals surface area contributed by atoms with Crippen molar-refractivity contribution in [1.82, 2.24) is 0 Å². The summed E-state index contributed by atoms with van der Waals surface area (Å²) < 4.78 is 13.2. The van der Waals surface area contributed by atoms with Crippen molar-refractivity contribution >= 4 is 17.3 Å². The minimum atomic E-state index is -0.427. The van der Waals surface area contributed by atoms with Gasteiger partial charge < -0.3 is 10.6 Å². The van der Waals surface area contributed by atoms with Crippen LogP contribution in [0.5, 0.6) is 0 Å². The summed E-state index contributed by atoms with van der Waals surface area (Å²) in [6.07, 6.45) is 0. The number of aryl methyl sites for hydroxylation is 1. The number of halogens is 1. The zero-order valence-corrected chi connectivity index (χ0v) is 13.9. The number of benzene rings is 3. The molecule has 126 valence electrons. The van der Waals surface area contributed by atoms with Crippen molar-refractivity contribution in [2.24, 2.45) is 0 Å². The van der Waals surface area contributed by atoms with E-state index in [-0.39, 0.29) is 5.91 Å². The lowest BCUT2D eigenvalue weighted by molar-refractivity contribution is 0.102. The molecule has 3 aromatic carbocycles. The lowest BCUT2D eigenvalue weighted by Crippen LogP contribution is -2.12. The van der Waals surface area contributed by atoms with Crippen LogP contribution in [0.15, 0.2) is 72.8 Å². The average molecular weight is 334 g/mol. The first kappa shape index (κ1) is 16.7. The van der Waals surface area contributed by atoms with Crippen LogP contribution in [0.3, 0.4) is 0 Å². The van der Waals surface area contributed by atoms with Crippen LogP contribution in [-0.4, -0.2) is 5.91 Å². The van der Waals surface area contributed by atoms with Crippen LogP contribution in [0.25, 0.3) is 0 Å².